The van der Waals surface area contributed by atoms with E-state index in [9.17, 15) is 14.4 Å². The number of aromatic nitrogens is 1. The van der Waals surface area contributed by atoms with Gasteiger partial charge in [-0.2, -0.15) is 0 Å². The average Bonchev–Trinajstić information content (AvgIpc) is 2.98. The zero-order chi connectivity index (χ0) is 19.0. The number of aryl methyl sites for hydroxylation is 1. The number of hydrogen-bond donors (Lipinski definition) is 2. The van der Waals surface area contributed by atoms with Gasteiger partial charge in [-0.3, -0.25) is 20.2 Å². The highest BCUT2D eigenvalue weighted by atomic mass is 16.2. The number of rotatable bonds is 3. The molecule has 1 fully saturated rings. The molecule has 0 bridgehead atoms. The molecule has 4 amide bonds. The highest BCUT2D eigenvalue weighted by molar-refractivity contribution is 6.31. The Labute approximate surface area is 155 Å². The standard InChI is InChI=1S/C21H17N3O3/c1-13-6-2-3-7-14(13)11-24-12-15(16-8-4-5-9-18(16)24)10-17-19(25)22-21(27)23-20(17)26/h2-10,12H,11H2,1H3,(H2,22,23,25,26,27). The first-order chi connectivity index (χ1) is 13.0. The van der Waals surface area contributed by atoms with E-state index >= 15 is 0 Å². The molecular weight excluding hydrogens is 342 g/mol. The van der Waals surface area contributed by atoms with Gasteiger partial charge < -0.3 is 4.57 Å². The third kappa shape index (κ3) is 3.13. The Morgan fingerprint density at radius 3 is 2.33 bits per heavy atom. The lowest BCUT2D eigenvalue weighted by Gasteiger charge is -2.13. The zero-order valence-corrected chi connectivity index (χ0v) is 14.7. The number of barbiturate groups is 1. The van der Waals surface area contributed by atoms with Crippen molar-refractivity contribution in [1.29, 1.82) is 0 Å². The molecule has 2 aromatic carbocycles. The van der Waals surface area contributed by atoms with Crippen molar-refractivity contribution in [3.8, 4) is 0 Å². The number of carbonyl (C=O) groups excluding carboxylic acids is 3. The van der Waals surface area contributed by atoms with Gasteiger partial charge in [0.05, 0.1) is 0 Å². The van der Waals surface area contributed by atoms with Crippen molar-refractivity contribution < 1.29 is 14.4 Å². The summed E-state index contributed by atoms with van der Waals surface area (Å²) in [5, 5.41) is 5.12. The van der Waals surface area contributed by atoms with Gasteiger partial charge in [-0.05, 0) is 30.2 Å². The Bertz CT molecular complexity index is 1100. The third-order valence-electron chi connectivity index (χ3n) is 4.66. The summed E-state index contributed by atoms with van der Waals surface area (Å²) in [5.41, 5.74) is 4.04. The summed E-state index contributed by atoms with van der Waals surface area (Å²) in [6.45, 7) is 2.74. The number of imide groups is 2. The first kappa shape index (κ1) is 16.8. The first-order valence-corrected chi connectivity index (χ1v) is 8.53. The predicted octanol–water partition coefficient (Wildman–Crippen LogP) is 2.75. The van der Waals surface area contributed by atoms with E-state index in [0.717, 1.165) is 16.5 Å². The largest absolute Gasteiger partial charge is 0.342 e. The number of benzene rings is 2. The van der Waals surface area contributed by atoms with E-state index in [0.29, 0.717) is 6.54 Å². The van der Waals surface area contributed by atoms with Gasteiger partial charge in [0, 0.05) is 29.2 Å². The van der Waals surface area contributed by atoms with Crippen LogP contribution in [-0.4, -0.2) is 22.4 Å². The smallest absolute Gasteiger partial charge is 0.328 e. The summed E-state index contributed by atoms with van der Waals surface area (Å²) in [7, 11) is 0. The summed E-state index contributed by atoms with van der Waals surface area (Å²) in [6.07, 6.45) is 3.44. The number of nitrogens with one attached hydrogen (secondary N) is 2. The molecule has 6 nitrogen and oxygen atoms in total. The predicted molar refractivity (Wildman–Crippen MR) is 102 cm³/mol. The fourth-order valence-corrected chi connectivity index (χ4v) is 3.25. The molecule has 6 heteroatoms. The van der Waals surface area contributed by atoms with Crippen LogP contribution in [0, 0.1) is 6.92 Å². The van der Waals surface area contributed by atoms with Crippen molar-refractivity contribution >= 4 is 34.8 Å². The molecule has 0 saturated carbocycles. The van der Waals surface area contributed by atoms with Crippen LogP contribution < -0.4 is 10.6 Å². The summed E-state index contributed by atoms with van der Waals surface area (Å²) in [6, 6.07) is 15.2. The van der Waals surface area contributed by atoms with E-state index in [1.54, 1.807) is 0 Å². The number of nitrogens with zero attached hydrogens (tertiary/aromatic N) is 1. The van der Waals surface area contributed by atoms with Gasteiger partial charge >= 0.3 is 6.03 Å². The van der Waals surface area contributed by atoms with Crippen molar-refractivity contribution in [3.05, 3.63) is 77.0 Å². The van der Waals surface area contributed by atoms with Crippen LogP contribution >= 0.6 is 0 Å². The average molecular weight is 359 g/mol. The molecule has 0 unspecified atom stereocenters. The van der Waals surface area contributed by atoms with Gasteiger partial charge in [-0.15, -0.1) is 0 Å². The monoisotopic (exact) mass is 359 g/mol. The SMILES string of the molecule is Cc1ccccc1Cn1cc(C=C2C(=O)NC(=O)NC2=O)c2ccccc21. The maximum atomic E-state index is 12.0. The van der Waals surface area contributed by atoms with Gasteiger partial charge in [0.2, 0.25) is 0 Å². The second kappa shape index (κ2) is 6.57. The van der Waals surface area contributed by atoms with Crippen LogP contribution in [0.4, 0.5) is 4.79 Å². The summed E-state index contributed by atoms with van der Waals surface area (Å²) < 4.78 is 2.09. The number of para-hydroxylation sites is 1. The molecular formula is C21H17N3O3. The van der Waals surface area contributed by atoms with Crippen molar-refractivity contribution in [1.82, 2.24) is 15.2 Å². The Kier molecular flexibility index (Phi) is 4.08. The summed E-state index contributed by atoms with van der Waals surface area (Å²) in [4.78, 5) is 35.3. The molecule has 0 aliphatic carbocycles. The maximum Gasteiger partial charge on any atom is 0.328 e. The van der Waals surface area contributed by atoms with Gasteiger partial charge in [0.1, 0.15) is 5.57 Å². The van der Waals surface area contributed by atoms with Crippen molar-refractivity contribution in [2.24, 2.45) is 0 Å². The molecule has 1 aliphatic heterocycles. The lowest BCUT2D eigenvalue weighted by atomic mass is 10.1. The van der Waals surface area contributed by atoms with Crippen molar-refractivity contribution in [2.75, 3.05) is 0 Å². The minimum atomic E-state index is -0.802. The first-order valence-electron chi connectivity index (χ1n) is 8.53. The van der Waals surface area contributed by atoms with Crippen LogP contribution in [0.1, 0.15) is 16.7 Å². The molecule has 1 saturated heterocycles. The minimum Gasteiger partial charge on any atom is -0.342 e. The number of amides is 4. The Morgan fingerprint density at radius 2 is 1.59 bits per heavy atom. The second-order valence-electron chi connectivity index (χ2n) is 6.45. The quantitative estimate of drug-likeness (QED) is 0.557. The van der Waals surface area contributed by atoms with Gasteiger partial charge in [-0.25, -0.2) is 4.79 Å². The highest BCUT2D eigenvalue weighted by Gasteiger charge is 2.28. The number of carbonyl (C=O) groups is 3. The van der Waals surface area contributed by atoms with Crippen LogP contribution in [0.2, 0.25) is 0 Å². The highest BCUT2D eigenvalue weighted by Crippen LogP contribution is 2.25. The van der Waals surface area contributed by atoms with Crippen LogP contribution in [-0.2, 0) is 16.1 Å². The van der Waals surface area contributed by atoms with E-state index in [-0.39, 0.29) is 5.57 Å². The molecule has 2 heterocycles. The molecule has 0 spiro atoms. The molecule has 27 heavy (non-hydrogen) atoms. The lowest BCUT2D eigenvalue weighted by molar-refractivity contribution is -0.123. The Morgan fingerprint density at radius 1 is 0.926 bits per heavy atom. The molecule has 134 valence electrons. The number of urea groups is 1. The topological polar surface area (TPSA) is 80.2 Å². The number of fused-ring (bicyclic) bond motifs is 1. The van der Waals surface area contributed by atoms with E-state index in [2.05, 4.69) is 34.3 Å². The van der Waals surface area contributed by atoms with E-state index in [1.807, 2.05) is 42.6 Å². The van der Waals surface area contributed by atoms with Gasteiger partial charge in [0.25, 0.3) is 11.8 Å². The molecule has 0 radical (unpaired) electrons. The van der Waals surface area contributed by atoms with Crippen molar-refractivity contribution in [2.45, 2.75) is 13.5 Å². The van der Waals surface area contributed by atoms with Crippen LogP contribution in [0.5, 0.6) is 0 Å². The maximum absolute atomic E-state index is 12.0. The summed E-state index contributed by atoms with van der Waals surface area (Å²) >= 11 is 0. The van der Waals surface area contributed by atoms with Crippen LogP contribution in [0.15, 0.2) is 60.3 Å². The van der Waals surface area contributed by atoms with E-state index in [1.165, 1.54) is 17.2 Å². The van der Waals surface area contributed by atoms with Gasteiger partial charge in [0.15, 0.2) is 0 Å². The Hall–Kier alpha value is -3.67. The lowest BCUT2D eigenvalue weighted by Crippen LogP contribution is -2.51. The molecule has 1 aliphatic rings. The van der Waals surface area contributed by atoms with Crippen molar-refractivity contribution in [3.63, 3.8) is 0 Å². The molecule has 4 rings (SSSR count). The summed E-state index contributed by atoms with van der Waals surface area (Å²) in [5.74, 6) is -1.39. The fourth-order valence-electron chi connectivity index (χ4n) is 3.25. The van der Waals surface area contributed by atoms with Crippen LogP contribution in [0.3, 0.4) is 0 Å². The van der Waals surface area contributed by atoms with Crippen LogP contribution in [0.25, 0.3) is 17.0 Å². The molecule has 1 aromatic heterocycles. The van der Waals surface area contributed by atoms with Gasteiger partial charge in [-0.1, -0.05) is 42.5 Å². The molecule has 2 N–H and O–H groups in total. The Balaban J connectivity index is 1.80. The fraction of sp³-hybridized carbons (Fsp3) is 0.0952. The third-order valence-corrected chi connectivity index (χ3v) is 4.66. The second-order valence-corrected chi connectivity index (χ2v) is 6.45. The van der Waals surface area contributed by atoms with E-state index < -0.39 is 17.8 Å². The normalized spacial score (nSPS) is 14.3. The number of hydrogen-bond acceptors (Lipinski definition) is 3. The zero-order valence-electron chi connectivity index (χ0n) is 14.7. The molecule has 0 atom stereocenters. The molecule has 3 aromatic rings. The minimum absolute atomic E-state index is 0.0894. The van der Waals surface area contributed by atoms with E-state index in [4.69, 9.17) is 0 Å².